The lowest BCUT2D eigenvalue weighted by atomic mass is 10.0. The molecule has 1 amide bonds. The maximum Gasteiger partial charge on any atom is 0.268 e. The quantitative estimate of drug-likeness (QED) is 0.611. The van der Waals surface area contributed by atoms with Crippen LogP contribution in [0.15, 0.2) is 65.6 Å². The molecule has 0 spiro atoms. The Bertz CT molecular complexity index is 1260. The van der Waals surface area contributed by atoms with Crippen LogP contribution in [0.3, 0.4) is 0 Å². The number of carbonyl (C=O) groups is 1. The first kappa shape index (κ1) is 21.9. The first-order valence-corrected chi connectivity index (χ1v) is 11.9. The van der Waals surface area contributed by atoms with Gasteiger partial charge in [0.2, 0.25) is 0 Å². The second-order valence-electron chi connectivity index (χ2n) is 7.90. The van der Waals surface area contributed by atoms with Gasteiger partial charge in [-0.3, -0.25) is 9.10 Å². The van der Waals surface area contributed by atoms with Crippen molar-refractivity contribution in [1.82, 2.24) is 0 Å². The fourth-order valence-electron chi connectivity index (χ4n) is 4.08. The van der Waals surface area contributed by atoms with Gasteiger partial charge in [-0.1, -0.05) is 36.4 Å². The van der Waals surface area contributed by atoms with E-state index in [0.29, 0.717) is 12.2 Å². The average molecular weight is 451 g/mol. The molecule has 3 aromatic carbocycles. The lowest BCUT2D eigenvalue weighted by molar-refractivity contribution is 0.102. The number of rotatable bonds is 5. The number of fused-ring (bicyclic) bond motifs is 1. The summed E-state index contributed by atoms with van der Waals surface area (Å²) >= 11 is 0. The molecular weight excluding hydrogens is 424 g/mol. The van der Waals surface area contributed by atoms with Crippen LogP contribution < -0.4 is 14.4 Å². The van der Waals surface area contributed by atoms with Crippen LogP contribution in [0.25, 0.3) is 0 Å². The molecule has 4 rings (SSSR count). The van der Waals surface area contributed by atoms with E-state index in [2.05, 4.69) is 5.32 Å². The highest BCUT2D eigenvalue weighted by molar-refractivity contribution is 7.93. The van der Waals surface area contributed by atoms with Crippen molar-refractivity contribution in [3.63, 3.8) is 0 Å². The topological polar surface area (TPSA) is 75.7 Å². The van der Waals surface area contributed by atoms with Gasteiger partial charge in [-0.05, 0) is 67.6 Å². The lowest BCUT2D eigenvalue weighted by Gasteiger charge is -2.31. The fourth-order valence-corrected chi connectivity index (χ4v) is 5.81. The molecule has 1 N–H and O–H groups in total. The van der Waals surface area contributed by atoms with Crippen LogP contribution in [-0.2, 0) is 16.4 Å². The molecule has 1 aliphatic rings. The third kappa shape index (κ3) is 3.96. The monoisotopic (exact) mass is 450 g/mol. The van der Waals surface area contributed by atoms with E-state index >= 15 is 0 Å². The maximum atomic E-state index is 13.7. The molecule has 7 heteroatoms. The minimum Gasteiger partial charge on any atom is -0.495 e. The van der Waals surface area contributed by atoms with Gasteiger partial charge >= 0.3 is 0 Å². The van der Waals surface area contributed by atoms with E-state index in [9.17, 15) is 13.2 Å². The molecule has 0 aromatic heterocycles. The van der Waals surface area contributed by atoms with E-state index in [4.69, 9.17) is 4.74 Å². The number of methoxy groups -OCH3 is 1. The molecule has 0 atom stereocenters. The van der Waals surface area contributed by atoms with Gasteiger partial charge in [-0.15, -0.1) is 0 Å². The predicted octanol–water partition coefficient (Wildman–Crippen LogP) is 4.71. The fraction of sp³-hybridized carbons (Fsp3) is 0.240. The van der Waals surface area contributed by atoms with Crippen LogP contribution in [0.2, 0.25) is 0 Å². The van der Waals surface area contributed by atoms with Crippen molar-refractivity contribution < 1.29 is 17.9 Å². The van der Waals surface area contributed by atoms with Gasteiger partial charge in [0.05, 0.1) is 12.8 Å². The van der Waals surface area contributed by atoms with Crippen LogP contribution in [-0.4, -0.2) is 28.0 Å². The summed E-state index contributed by atoms with van der Waals surface area (Å²) in [5.74, 6) is -0.169. The third-order valence-corrected chi connectivity index (χ3v) is 7.62. The van der Waals surface area contributed by atoms with Crippen LogP contribution in [0, 0.1) is 13.8 Å². The number of carbonyl (C=O) groups excluding carboxylic acids is 1. The predicted molar refractivity (Wildman–Crippen MR) is 126 cm³/mol. The van der Waals surface area contributed by atoms with Gasteiger partial charge in [0.15, 0.2) is 0 Å². The molecule has 0 bridgehead atoms. The first-order valence-electron chi connectivity index (χ1n) is 10.5. The van der Waals surface area contributed by atoms with Gasteiger partial charge in [0, 0.05) is 17.8 Å². The summed E-state index contributed by atoms with van der Waals surface area (Å²) < 4.78 is 34.1. The van der Waals surface area contributed by atoms with Crippen LogP contribution in [0.1, 0.15) is 33.5 Å². The van der Waals surface area contributed by atoms with Crippen molar-refractivity contribution >= 4 is 27.3 Å². The van der Waals surface area contributed by atoms with E-state index in [1.807, 2.05) is 56.3 Å². The highest BCUT2D eigenvalue weighted by Gasteiger charge is 2.32. The number of nitrogens with one attached hydrogen (secondary N) is 1. The number of amides is 1. The Kier molecular flexibility index (Phi) is 5.93. The van der Waals surface area contributed by atoms with Crippen molar-refractivity contribution in [2.75, 3.05) is 23.3 Å². The minimum atomic E-state index is -3.94. The zero-order chi connectivity index (χ0) is 22.9. The Labute approximate surface area is 188 Å². The largest absolute Gasteiger partial charge is 0.495 e. The molecule has 3 aromatic rings. The second kappa shape index (κ2) is 8.67. The van der Waals surface area contributed by atoms with E-state index in [1.165, 1.54) is 23.5 Å². The van der Waals surface area contributed by atoms with Crippen molar-refractivity contribution in [3.8, 4) is 5.75 Å². The zero-order valence-corrected chi connectivity index (χ0v) is 19.2. The number of nitrogens with zero attached hydrogens (tertiary/aromatic N) is 1. The molecule has 166 valence electrons. The highest BCUT2D eigenvalue weighted by Crippen LogP contribution is 2.35. The summed E-state index contributed by atoms with van der Waals surface area (Å²) in [6.45, 7) is 4.21. The maximum absolute atomic E-state index is 13.7. The molecular formula is C25H26N2O4S. The molecule has 0 saturated carbocycles. The number of para-hydroxylation sites is 2. The molecule has 1 aliphatic heterocycles. The molecule has 1 heterocycles. The number of ether oxygens (including phenoxy) is 1. The van der Waals surface area contributed by atoms with Gasteiger partial charge in [0.25, 0.3) is 15.9 Å². The summed E-state index contributed by atoms with van der Waals surface area (Å²) in [4.78, 5) is 13.0. The van der Waals surface area contributed by atoms with Crippen molar-refractivity contribution in [3.05, 3.63) is 82.9 Å². The Morgan fingerprint density at radius 1 is 1.00 bits per heavy atom. The number of aryl methyl sites for hydroxylation is 3. The van der Waals surface area contributed by atoms with Crippen LogP contribution in [0.4, 0.5) is 11.4 Å². The van der Waals surface area contributed by atoms with Crippen molar-refractivity contribution in [2.45, 2.75) is 31.6 Å². The number of hydrogen-bond acceptors (Lipinski definition) is 4. The van der Waals surface area contributed by atoms with E-state index < -0.39 is 10.0 Å². The number of benzene rings is 3. The molecule has 32 heavy (non-hydrogen) atoms. The normalized spacial score (nSPS) is 13.4. The van der Waals surface area contributed by atoms with Crippen molar-refractivity contribution in [1.29, 1.82) is 0 Å². The van der Waals surface area contributed by atoms with Crippen molar-refractivity contribution in [2.24, 2.45) is 0 Å². The minimum absolute atomic E-state index is 0.0224. The Morgan fingerprint density at radius 2 is 1.72 bits per heavy atom. The number of anilines is 2. The summed E-state index contributed by atoms with van der Waals surface area (Å²) in [6, 6.07) is 17.8. The van der Waals surface area contributed by atoms with E-state index in [1.54, 1.807) is 6.07 Å². The summed E-state index contributed by atoms with van der Waals surface area (Å²) in [7, 11) is -2.51. The van der Waals surface area contributed by atoms with E-state index in [-0.39, 0.29) is 22.1 Å². The number of sulfonamides is 1. The zero-order valence-electron chi connectivity index (χ0n) is 18.4. The summed E-state index contributed by atoms with van der Waals surface area (Å²) in [6.07, 6.45) is 1.56. The smallest absolute Gasteiger partial charge is 0.268 e. The second-order valence-corrected chi connectivity index (χ2v) is 9.73. The SMILES string of the molecule is COc1ccc(C(=O)Nc2c(C)cccc2C)cc1S(=O)(=O)N1CCCc2ccccc21. The first-order chi connectivity index (χ1) is 15.3. The lowest BCUT2D eigenvalue weighted by Crippen LogP contribution is -2.35. The van der Waals surface area contributed by atoms with Crippen LogP contribution >= 0.6 is 0 Å². The van der Waals surface area contributed by atoms with E-state index in [0.717, 1.165) is 35.2 Å². The molecule has 6 nitrogen and oxygen atoms in total. The average Bonchev–Trinajstić information content (AvgIpc) is 2.80. The van der Waals surface area contributed by atoms with Crippen LogP contribution in [0.5, 0.6) is 5.75 Å². The Hall–Kier alpha value is -3.32. The highest BCUT2D eigenvalue weighted by atomic mass is 32.2. The summed E-state index contributed by atoms with van der Waals surface area (Å²) in [5.41, 5.74) is 4.51. The molecule has 0 aliphatic carbocycles. The van der Waals surface area contributed by atoms with Gasteiger partial charge in [0.1, 0.15) is 10.6 Å². The Morgan fingerprint density at radius 3 is 2.44 bits per heavy atom. The molecule has 0 fully saturated rings. The standard InChI is InChI=1S/C25H26N2O4S/c1-17-8-6-9-18(2)24(17)26-25(28)20-13-14-22(31-3)23(16-20)32(29,30)27-15-7-11-19-10-4-5-12-21(19)27/h4-6,8-10,12-14,16H,7,11,15H2,1-3H3,(H,26,28). The summed E-state index contributed by atoms with van der Waals surface area (Å²) in [5, 5.41) is 2.92. The Balaban J connectivity index is 1.74. The van der Waals surface area contributed by atoms with Gasteiger partial charge in [-0.25, -0.2) is 8.42 Å². The van der Waals surface area contributed by atoms with Gasteiger partial charge in [-0.2, -0.15) is 0 Å². The third-order valence-electron chi connectivity index (χ3n) is 5.78. The molecule has 0 saturated heterocycles. The van der Waals surface area contributed by atoms with Gasteiger partial charge < -0.3 is 10.1 Å². The number of hydrogen-bond donors (Lipinski definition) is 1. The molecule has 0 radical (unpaired) electrons. The molecule has 0 unspecified atom stereocenters.